The van der Waals surface area contributed by atoms with Crippen LogP contribution in [-0.2, 0) is 19.5 Å². The van der Waals surface area contributed by atoms with Crippen molar-refractivity contribution < 1.29 is 4.74 Å². The van der Waals surface area contributed by atoms with Crippen LogP contribution in [0, 0.1) is 0 Å². The average molecular weight is 328 g/mol. The molecule has 0 unspecified atom stereocenters. The maximum Gasteiger partial charge on any atom is 0.121 e. The molecular weight excluding hydrogens is 309 g/mol. The lowest BCUT2D eigenvalue weighted by atomic mass is 10.2. The maximum atomic E-state index is 6.39. The predicted octanol–water partition coefficient (Wildman–Crippen LogP) is 4.39. The van der Waals surface area contributed by atoms with Gasteiger partial charge in [0, 0.05) is 12.6 Å². The number of anilines is 1. The van der Waals surface area contributed by atoms with Crippen LogP contribution in [-0.4, -0.2) is 16.9 Å². The zero-order valence-corrected chi connectivity index (χ0v) is 13.9. The van der Waals surface area contributed by atoms with Crippen LogP contribution in [0.3, 0.4) is 0 Å². The van der Waals surface area contributed by atoms with Crippen LogP contribution in [0.25, 0.3) is 0 Å². The van der Waals surface area contributed by atoms with Crippen LogP contribution in [0.5, 0.6) is 5.75 Å². The summed E-state index contributed by atoms with van der Waals surface area (Å²) in [7, 11) is 1.63. The van der Waals surface area contributed by atoms with Gasteiger partial charge in [0.15, 0.2) is 0 Å². The molecule has 6 heteroatoms. The standard InChI is InChI=1S/C15H19Cl2N3O/c1-4-12-15(17)14(20(5-2)19-12)9-18-13-8-10(21-3)6-7-11(13)16/h6-8,18H,4-5,9H2,1-3H3. The lowest BCUT2D eigenvalue weighted by molar-refractivity contribution is 0.415. The highest BCUT2D eigenvalue weighted by molar-refractivity contribution is 6.33. The molecule has 0 bridgehead atoms. The molecular formula is C15H19Cl2N3O. The normalized spacial score (nSPS) is 10.7. The molecule has 0 aliphatic heterocycles. The number of ether oxygens (including phenoxy) is 1. The first kappa shape index (κ1) is 16.0. The first-order chi connectivity index (χ1) is 10.1. The molecule has 0 saturated heterocycles. The van der Waals surface area contributed by atoms with Gasteiger partial charge in [-0.1, -0.05) is 30.1 Å². The third kappa shape index (κ3) is 3.44. The van der Waals surface area contributed by atoms with Crippen molar-refractivity contribution in [1.29, 1.82) is 0 Å². The van der Waals surface area contributed by atoms with E-state index in [2.05, 4.69) is 10.4 Å². The van der Waals surface area contributed by atoms with Crippen molar-refractivity contribution in [3.63, 3.8) is 0 Å². The monoisotopic (exact) mass is 327 g/mol. The molecule has 0 aliphatic rings. The number of methoxy groups -OCH3 is 1. The van der Waals surface area contributed by atoms with E-state index in [1.54, 1.807) is 13.2 Å². The number of aromatic nitrogens is 2. The van der Waals surface area contributed by atoms with Gasteiger partial charge in [-0.05, 0) is 25.5 Å². The molecule has 0 radical (unpaired) electrons. The molecule has 0 saturated carbocycles. The molecule has 1 N–H and O–H groups in total. The number of nitrogens with zero attached hydrogens (tertiary/aromatic N) is 2. The molecule has 1 aromatic carbocycles. The molecule has 0 atom stereocenters. The Balaban J connectivity index is 2.22. The zero-order valence-electron chi connectivity index (χ0n) is 12.4. The quantitative estimate of drug-likeness (QED) is 0.855. The van der Waals surface area contributed by atoms with Gasteiger partial charge in [0.2, 0.25) is 0 Å². The number of halogens is 2. The molecule has 1 aromatic heterocycles. The van der Waals surface area contributed by atoms with Crippen LogP contribution in [0.2, 0.25) is 10.0 Å². The first-order valence-electron chi connectivity index (χ1n) is 6.92. The summed E-state index contributed by atoms with van der Waals surface area (Å²) in [6.45, 7) is 5.43. The van der Waals surface area contributed by atoms with Crippen molar-refractivity contribution >= 4 is 28.9 Å². The van der Waals surface area contributed by atoms with Gasteiger partial charge in [-0.3, -0.25) is 4.68 Å². The number of nitrogens with one attached hydrogen (secondary N) is 1. The van der Waals surface area contributed by atoms with Gasteiger partial charge < -0.3 is 10.1 Å². The zero-order chi connectivity index (χ0) is 15.4. The summed E-state index contributed by atoms with van der Waals surface area (Å²) in [4.78, 5) is 0. The van der Waals surface area contributed by atoms with E-state index in [1.807, 2.05) is 30.7 Å². The van der Waals surface area contributed by atoms with E-state index in [9.17, 15) is 0 Å². The molecule has 114 valence electrons. The van der Waals surface area contributed by atoms with Crippen LogP contribution in [0.4, 0.5) is 5.69 Å². The van der Waals surface area contributed by atoms with Crippen LogP contribution in [0.1, 0.15) is 25.2 Å². The molecule has 1 heterocycles. The molecule has 0 spiro atoms. The van der Waals surface area contributed by atoms with Crippen molar-refractivity contribution in [2.24, 2.45) is 0 Å². The number of hydrogen-bond donors (Lipinski definition) is 1. The fraction of sp³-hybridized carbons (Fsp3) is 0.400. The molecule has 21 heavy (non-hydrogen) atoms. The highest BCUT2D eigenvalue weighted by Crippen LogP contribution is 2.28. The smallest absolute Gasteiger partial charge is 0.121 e. The van der Waals surface area contributed by atoms with Crippen LogP contribution < -0.4 is 10.1 Å². The topological polar surface area (TPSA) is 39.1 Å². The SMILES string of the molecule is CCc1nn(CC)c(CNc2cc(OC)ccc2Cl)c1Cl. The fourth-order valence-corrected chi connectivity index (χ4v) is 2.65. The largest absolute Gasteiger partial charge is 0.497 e. The number of benzene rings is 1. The summed E-state index contributed by atoms with van der Waals surface area (Å²) < 4.78 is 7.13. The Morgan fingerprint density at radius 3 is 2.67 bits per heavy atom. The Kier molecular flexibility index (Phi) is 5.37. The van der Waals surface area contributed by atoms with E-state index in [-0.39, 0.29) is 0 Å². The molecule has 0 fully saturated rings. The van der Waals surface area contributed by atoms with E-state index in [0.29, 0.717) is 11.6 Å². The van der Waals surface area contributed by atoms with Crippen LogP contribution >= 0.6 is 23.2 Å². The summed E-state index contributed by atoms with van der Waals surface area (Å²) in [6, 6.07) is 5.49. The van der Waals surface area contributed by atoms with E-state index >= 15 is 0 Å². The summed E-state index contributed by atoms with van der Waals surface area (Å²) in [6.07, 6.45) is 0.818. The van der Waals surface area contributed by atoms with Gasteiger partial charge in [-0.2, -0.15) is 5.10 Å². The predicted molar refractivity (Wildman–Crippen MR) is 87.6 cm³/mol. The molecule has 0 amide bonds. The maximum absolute atomic E-state index is 6.39. The van der Waals surface area contributed by atoms with Gasteiger partial charge in [0.25, 0.3) is 0 Å². The van der Waals surface area contributed by atoms with Crippen molar-refractivity contribution in [2.75, 3.05) is 12.4 Å². The minimum absolute atomic E-state index is 0.562. The first-order valence-corrected chi connectivity index (χ1v) is 7.67. The van der Waals surface area contributed by atoms with Gasteiger partial charge in [-0.25, -0.2) is 0 Å². The lowest BCUT2D eigenvalue weighted by Gasteiger charge is -2.11. The Morgan fingerprint density at radius 2 is 2.05 bits per heavy atom. The van der Waals surface area contributed by atoms with Crippen molar-refractivity contribution in [3.05, 3.63) is 39.6 Å². The summed E-state index contributed by atoms with van der Waals surface area (Å²) in [5.74, 6) is 0.756. The Morgan fingerprint density at radius 1 is 1.29 bits per heavy atom. The number of aryl methyl sites for hydroxylation is 2. The Hall–Kier alpha value is -1.39. The second-order valence-corrected chi connectivity index (χ2v) is 5.36. The summed E-state index contributed by atoms with van der Waals surface area (Å²) in [5, 5.41) is 9.17. The van der Waals surface area contributed by atoms with Crippen LogP contribution in [0.15, 0.2) is 18.2 Å². The molecule has 2 rings (SSSR count). The highest BCUT2D eigenvalue weighted by Gasteiger charge is 2.14. The fourth-order valence-electron chi connectivity index (χ4n) is 2.13. The number of rotatable bonds is 6. The highest BCUT2D eigenvalue weighted by atomic mass is 35.5. The van der Waals surface area contributed by atoms with Crippen molar-refractivity contribution in [1.82, 2.24) is 9.78 Å². The minimum atomic E-state index is 0.562. The number of hydrogen-bond acceptors (Lipinski definition) is 3. The second-order valence-electron chi connectivity index (χ2n) is 4.58. The van der Waals surface area contributed by atoms with Gasteiger partial charge in [0.05, 0.1) is 40.8 Å². The minimum Gasteiger partial charge on any atom is -0.497 e. The molecule has 4 nitrogen and oxygen atoms in total. The van der Waals surface area contributed by atoms with E-state index in [1.165, 1.54) is 0 Å². The average Bonchev–Trinajstić information content (AvgIpc) is 2.82. The van der Waals surface area contributed by atoms with Crippen molar-refractivity contribution in [2.45, 2.75) is 33.4 Å². The molecule has 2 aromatic rings. The Bertz CT molecular complexity index is 626. The summed E-state index contributed by atoms with van der Waals surface area (Å²) >= 11 is 12.6. The van der Waals surface area contributed by atoms with E-state index < -0.39 is 0 Å². The van der Waals surface area contributed by atoms with Gasteiger partial charge in [0.1, 0.15) is 5.75 Å². The summed E-state index contributed by atoms with van der Waals surface area (Å²) in [5.41, 5.74) is 2.70. The van der Waals surface area contributed by atoms with E-state index in [4.69, 9.17) is 27.9 Å². The lowest BCUT2D eigenvalue weighted by Crippen LogP contribution is -2.08. The molecule has 0 aliphatic carbocycles. The second kappa shape index (κ2) is 7.05. The van der Waals surface area contributed by atoms with Gasteiger partial charge in [-0.15, -0.1) is 0 Å². The van der Waals surface area contributed by atoms with Gasteiger partial charge >= 0.3 is 0 Å². The Labute approximate surface area is 135 Å². The third-order valence-corrected chi connectivity index (χ3v) is 4.08. The third-order valence-electron chi connectivity index (χ3n) is 3.31. The van der Waals surface area contributed by atoms with Crippen molar-refractivity contribution in [3.8, 4) is 5.75 Å². The van der Waals surface area contributed by atoms with E-state index in [0.717, 1.165) is 40.8 Å².